The third kappa shape index (κ3) is 1.80. The van der Waals surface area contributed by atoms with Gasteiger partial charge in [-0.3, -0.25) is 4.79 Å². The maximum atomic E-state index is 13.5. The Morgan fingerprint density at radius 1 is 1.56 bits per heavy atom. The molecular weight excluding hydrogens is 207 g/mol. The van der Waals surface area contributed by atoms with E-state index in [4.69, 9.17) is 5.73 Å². The number of amides is 1. The Kier molecular flexibility index (Phi) is 2.68. The molecule has 0 radical (unpaired) electrons. The summed E-state index contributed by atoms with van der Waals surface area (Å²) in [6.07, 6.45) is 1.59. The van der Waals surface area contributed by atoms with Crippen LogP contribution in [-0.4, -0.2) is 12.5 Å². The second kappa shape index (κ2) is 3.87. The molecule has 86 valence electrons. The first-order chi connectivity index (χ1) is 7.59. The minimum atomic E-state index is -0.450. The van der Waals surface area contributed by atoms with Crippen LogP contribution >= 0.6 is 0 Å². The average Bonchev–Trinajstić information content (AvgIpc) is 3.04. The molecule has 1 saturated carbocycles. The number of para-hydroxylation sites is 1. The Bertz CT molecular complexity index is 407. The highest BCUT2D eigenvalue weighted by molar-refractivity contribution is 5.98. The number of nitrogens with one attached hydrogen (secondary N) is 1. The first kappa shape index (κ1) is 11.1. The fourth-order valence-electron chi connectivity index (χ4n) is 1.71. The van der Waals surface area contributed by atoms with Crippen molar-refractivity contribution in [3.8, 4) is 0 Å². The highest BCUT2D eigenvalue weighted by atomic mass is 19.1. The number of hydrogen-bond acceptors (Lipinski definition) is 2. The average molecular weight is 222 g/mol. The summed E-state index contributed by atoms with van der Waals surface area (Å²) < 4.78 is 13.5. The predicted molar refractivity (Wildman–Crippen MR) is 60.5 cm³/mol. The van der Waals surface area contributed by atoms with Crippen molar-refractivity contribution in [3.05, 3.63) is 29.6 Å². The van der Waals surface area contributed by atoms with Crippen molar-refractivity contribution in [2.24, 2.45) is 11.1 Å². The van der Waals surface area contributed by atoms with Crippen molar-refractivity contribution in [2.75, 3.05) is 11.9 Å². The first-order valence-electron chi connectivity index (χ1n) is 5.36. The molecule has 3 N–H and O–H groups in total. The van der Waals surface area contributed by atoms with Gasteiger partial charge in [-0.05, 0) is 31.4 Å². The van der Waals surface area contributed by atoms with E-state index in [1.54, 1.807) is 19.1 Å². The lowest BCUT2D eigenvalue weighted by atomic mass is 10.1. The third-order valence-corrected chi connectivity index (χ3v) is 3.19. The smallest absolute Gasteiger partial charge is 0.231 e. The van der Waals surface area contributed by atoms with E-state index in [0.717, 1.165) is 18.4 Å². The zero-order valence-electron chi connectivity index (χ0n) is 9.22. The van der Waals surface area contributed by atoms with Gasteiger partial charge in [0, 0.05) is 6.54 Å². The molecule has 0 heterocycles. The van der Waals surface area contributed by atoms with Crippen molar-refractivity contribution >= 4 is 11.6 Å². The molecule has 4 heteroatoms. The fraction of sp³-hybridized carbons (Fsp3) is 0.417. The highest BCUT2D eigenvalue weighted by Gasteiger charge is 2.48. The van der Waals surface area contributed by atoms with Gasteiger partial charge in [0.2, 0.25) is 5.91 Å². The van der Waals surface area contributed by atoms with Gasteiger partial charge >= 0.3 is 0 Å². The van der Waals surface area contributed by atoms with Crippen molar-refractivity contribution < 1.29 is 9.18 Å². The Hall–Kier alpha value is -1.42. The van der Waals surface area contributed by atoms with E-state index in [1.807, 2.05) is 0 Å². The van der Waals surface area contributed by atoms with E-state index in [-0.39, 0.29) is 11.6 Å². The molecule has 3 nitrogen and oxygen atoms in total. The standard InChI is InChI=1S/C12H15FN2O/c1-8-3-2-4-9(13)10(8)15-11(16)12(7-14)5-6-12/h2-4H,5-7,14H2,1H3,(H,15,16). The molecule has 1 fully saturated rings. The summed E-state index contributed by atoms with van der Waals surface area (Å²) in [6.45, 7) is 2.09. The van der Waals surface area contributed by atoms with Gasteiger partial charge in [-0.25, -0.2) is 4.39 Å². The van der Waals surface area contributed by atoms with E-state index in [2.05, 4.69) is 5.32 Å². The monoisotopic (exact) mass is 222 g/mol. The quantitative estimate of drug-likeness (QED) is 0.819. The number of hydrogen-bond donors (Lipinski definition) is 2. The maximum Gasteiger partial charge on any atom is 0.231 e. The number of halogens is 1. The molecule has 0 atom stereocenters. The molecular formula is C12H15FN2O. The lowest BCUT2D eigenvalue weighted by Crippen LogP contribution is -2.31. The topological polar surface area (TPSA) is 55.1 Å². The van der Waals surface area contributed by atoms with E-state index < -0.39 is 11.2 Å². The maximum absolute atomic E-state index is 13.5. The van der Waals surface area contributed by atoms with Crippen molar-refractivity contribution in [2.45, 2.75) is 19.8 Å². The lowest BCUT2D eigenvalue weighted by molar-refractivity contribution is -0.120. The van der Waals surface area contributed by atoms with E-state index in [1.165, 1.54) is 6.07 Å². The number of nitrogens with two attached hydrogens (primary N) is 1. The van der Waals surface area contributed by atoms with Gasteiger partial charge in [0.25, 0.3) is 0 Å². The normalized spacial score (nSPS) is 16.9. The summed E-state index contributed by atoms with van der Waals surface area (Å²) in [7, 11) is 0. The van der Waals surface area contributed by atoms with Gasteiger partial charge in [0.1, 0.15) is 5.82 Å². The lowest BCUT2D eigenvalue weighted by Gasteiger charge is -2.14. The van der Waals surface area contributed by atoms with Crippen LogP contribution in [0.1, 0.15) is 18.4 Å². The summed E-state index contributed by atoms with van der Waals surface area (Å²) in [5.74, 6) is -0.565. The third-order valence-electron chi connectivity index (χ3n) is 3.19. The second-order valence-corrected chi connectivity index (χ2v) is 4.37. The van der Waals surface area contributed by atoms with Crippen LogP contribution in [0.5, 0.6) is 0 Å². The van der Waals surface area contributed by atoms with Crippen molar-refractivity contribution in [3.63, 3.8) is 0 Å². The fourth-order valence-corrected chi connectivity index (χ4v) is 1.71. The number of aryl methyl sites for hydroxylation is 1. The number of anilines is 1. The molecule has 1 aliphatic rings. The van der Waals surface area contributed by atoms with Gasteiger partial charge in [0.05, 0.1) is 11.1 Å². The zero-order chi connectivity index (χ0) is 11.8. The molecule has 0 aromatic heterocycles. The Morgan fingerprint density at radius 3 is 2.75 bits per heavy atom. The predicted octanol–water partition coefficient (Wildman–Crippen LogP) is 1.81. The van der Waals surface area contributed by atoms with Gasteiger partial charge in [-0.2, -0.15) is 0 Å². The molecule has 1 aliphatic carbocycles. The first-order valence-corrected chi connectivity index (χ1v) is 5.36. The summed E-state index contributed by atoms with van der Waals surface area (Å²) in [5, 5.41) is 2.64. The van der Waals surface area contributed by atoms with Gasteiger partial charge in [0.15, 0.2) is 0 Å². The van der Waals surface area contributed by atoms with Crippen LogP contribution in [0, 0.1) is 18.2 Å². The number of rotatable bonds is 3. The number of carbonyl (C=O) groups is 1. The molecule has 1 aromatic rings. The van der Waals surface area contributed by atoms with E-state index in [0.29, 0.717) is 6.54 Å². The molecule has 16 heavy (non-hydrogen) atoms. The van der Waals surface area contributed by atoms with Crippen molar-refractivity contribution in [1.29, 1.82) is 0 Å². The van der Waals surface area contributed by atoms with Crippen LogP contribution in [-0.2, 0) is 4.79 Å². The summed E-state index contributed by atoms with van der Waals surface area (Å²) >= 11 is 0. The Balaban J connectivity index is 2.18. The summed E-state index contributed by atoms with van der Waals surface area (Å²) in [6, 6.07) is 4.72. The Labute approximate surface area is 93.8 Å². The summed E-state index contributed by atoms with van der Waals surface area (Å²) in [5.41, 5.74) is 6.09. The Morgan fingerprint density at radius 2 is 2.25 bits per heavy atom. The minimum Gasteiger partial charge on any atom is -0.329 e. The SMILES string of the molecule is Cc1cccc(F)c1NC(=O)C1(CN)CC1. The minimum absolute atomic E-state index is 0.164. The highest BCUT2D eigenvalue weighted by Crippen LogP contribution is 2.45. The molecule has 2 rings (SSSR count). The van der Waals surface area contributed by atoms with Crippen LogP contribution in [0.25, 0.3) is 0 Å². The van der Waals surface area contributed by atoms with Gasteiger partial charge < -0.3 is 11.1 Å². The van der Waals surface area contributed by atoms with Crippen LogP contribution in [0.3, 0.4) is 0 Å². The number of carbonyl (C=O) groups excluding carboxylic acids is 1. The van der Waals surface area contributed by atoms with E-state index in [9.17, 15) is 9.18 Å². The van der Waals surface area contributed by atoms with Crippen LogP contribution in [0.2, 0.25) is 0 Å². The summed E-state index contributed by atoms with van der Waals surface area (Å²) in [4.78, 5) is 11.9. The van der Waals surface area contributed by atoms with Gasteiger partial charge in [-0.15, -0.1) is 0 Å². The van der Waals surface area contributed by atoms with E-state index >= 15 is 0 Å². The molecule has 0 unspecified atom stereocenters. The molecule has 0 aliphatic heterocycles. The zero-order valence-corrected chi connectivity index (χ0v) is 9.22. The molecule has 0 saturated heterocycles. The number of benzene rings is 1. The second-order valence-electron chi connectivity index (χ2n) is 4.37. The van der Waals surface area contributed by atoms with Crippen molar-refractivity contribution in [1.82, 2.24) is 0 Å². The van der Waals surface area contributed by atoms with Crippen LogP contribution in [0.4, 0.5) is 10.1 Å². The molecule has 1 aromatic carbocycles. The molecule has 0 spiro atoms. The molecule has 0 bridgehead atoms. The van der Waals surface area contributed by atoms with Crippen LogP contribution in [0.15, 0.2) is 18.2 Å². The van der Waals surface area contributed by atoms with Crippen LogP contribution < -0.4 is 11.1 Å². The largest absolute Gasteiger partial charge is 0.329 e. The van der Waals surface area contributed by atoms with Gasteiger partial charge in [-0.1, -0.05) is 12.1 Å². The molecule has 1 amide bonds.